The van der Waals surface area contributed by atoms with E-state index in [9.17, 15) is 36.6 Å². The van der Waals surface area contributed by atoms with E-state index in [-0.39, 0.29) is 36.3 Å². The van der Waals surface area contributed by atoms with Gasteiger partial charge in [-0.1, -0.05) is 35.9 Å². The fourth-order valence-corrected chi connectivity index (χ4v) is 5.03. The molecule has 0 aliphatic rings. The third-order valence-corrected chi connectivity index (χ3v) is 7.43. The van der Waals surface area contributed by atoms with Gasteiger partial charge in [0.25, 0.3) is 0 Å². The van der Waals surface area contributed by atoms with Gasteiger partial charge in [-0.05, 0) is 71.6 Å². The minimum atomic E-state index is -2.31. The van der Waals surface area contributed by atoms with Crippen LogP contribution in [-0.4, -0.2) is 27.8 Å². The van der Waals surface area contributed by atoms with Crippen LogP contribution in [0.5, 0.6) is 0 Å². The van der Waals surface area contributed by atoms with E-state index in [1.807, 2.05) is 6.07 Å². The number of halogens is 6. The number of carbonyl (C=O) groups excluding carboxylic acids is 1. The van der Waals surface area contributed by atoms with Crippen LogP contribution in [0.2, 0.25) is 5.02 Å². The highest BCUT2D eigenvalue weighted by Crippen LogP contribution is 2.34. The van der Waals surface area contributed by atoms with Crippen molar-refractivity contribution in [3.05, 3.63) is 129 Å². The Balaban J connectivity index is 1.71. The summed E-state index contributed by atoms with van der Waals surface area (Å²) in [6, 6.07) is 19.8. The number of carboxylic acid groups (broad SMARTS) is 1. The van der Waals surface area contributed by atoms with Gasteiger partial charge in [-0.2, -0.15) is 5.26 Å². The average molecular weight is 632 g/mol. The highest BCUT2D eigenvalue weighted by molar-refractivity contribution is 7.97. The molecule has 0 saturated heterocycles. The standard InChI is InChI=1S/C30H19ClF5N3O3S/c31-21-9-5-18(6-10-21)14-38(43-29-27(35)25(33)24(32)26(34)28(29)36)16-23(40)39(15-19-3-1-17(13-37)2-4-19)22-11-7-20(8-12-22)30(41)42/h1-12H,14-16H2,(H,41,42). The molecule has 0 aliphatic carbocycles. The molecular formula is C30H19ClF5N3O3S. The van der Waals surface area contributed by atoms with Gasteiger partial charge in [0.1, 0.15) is 4.90 Å². The van der Waals surface area contributed by atoms with Crippen LogP contribution < -0.4 is 4.90 Å². The minimum Gasteiger partial charge on any atom is -0.478 e. The van der Waals surface area contributed by atoms with Gasteiger partial charge in [-0.15, -0.1) is 0 Å². The topological polar surface area (TPSA) is 84.6 Å². The number of benzene rings is 4. The maximum Gasteiger partial charge on any atom is 0.335 e. The largest absolute Gasteiger partial charge is 0.478 e. The molecule has 0 bridgehead atoms. The molecule has 1 amide bonds. The van der Waals surface area contributed by atoms with Gasteiger partial charge in [0.05, 0.1) is 30.3 Å². The Bertz CT molecular complexity index is 1670. The zero-order valence-electron chi connectivity index (χ0n) is 21.8. The zero-order valence-corrected chi connectivity index (χ0v) is 23.4. The maximum atomic E-state index is 14.6. The quantitative estimate of drug-likeness (QED) is 0.0853. The third-order valence-electron chi connectivity index (χ3n) is 6.12. The van der Waals surface area contributed by atoms with E-state index in [2.05, 4.69) is 0 Å². The normalized spacial score (nSPS) is 10.9. The molecule has 0 heterocycles. The molecule has 13 heteroatoms. The molecule has 6 nitrogen and oxygen atoms in total. The Morgan fingerprint density at radius 1 is 0.767 bits per heavy atom. The number of rotatable bonds is 10. The molecule has 0 unspecified atom stereocenters. The van der Waals surface area contributed by atoms with Crippen LogP contribution in [0.1, 0.15) is 27.0 Å². The number of aromatic carboxylic acids is 1. The van der Waals surface area contributed by atoms with Crippen molar-refractivity contribution in [2.24, 2.45) is 0 Å². The fourth-order valence-electron chi connectivity index (χ4n) is 3.92. The lowest BCUT2D eigenvalue weighted by Crippen LogP contribution is -2.38. The lowest BCUT2D eigenvalue weighted by atomic mass is 10.1. The maximum absolute atomic E-state index is 14.6. The molecule has 43 heavy (non-hydrogen) atoms. The first-order valence-electron chi connectivity index (χ1n) is 12.3. The van der Waals surface area contributed by atoms with Crippen molar-refractivity contribution >= 4 is 41.1 Å². The summed E-state index contributed by atoms with van der Waals surface area (Å²) in [5.74, 6) is -12.5. The lowest BCUT2D eigenvalue weighted by molar-refractivity contribution is -0.118. The first kappa shape index (κ1) is 31.5. The Labute approximate surface area is 251 Å². The van der Waals surface area contributed by atoms with Gasteiger partial charge in [-0.25, -0.2) is 31.1 Å². The van der Waals surface area contributed by atoms with E-state index in [4.69, 9.17) is 16.9 Å². The predicted molar refractivity (Wildman–Crippen MR) is 150 cm³/mol. The number of hydrogen-bond acceptors (Lipinski definition) is 5. The monoisotopic (exact) mass is 631 g/mol. The van der Waals surface area contributed by atoms with Crippen LogP contribution in [0, 0.1) is 40.4 Å². The van der Waals surface area contributed by atoms with Gasteiger partial charge in [0.2, 0.25) is 11.7 Å². The van der Waals surface area contributed by atoms with Crippen molar-refractivity contribution in [2.45, 2.75) is 18.0 Å². The van der Waals surface area contributed by atoms with Crippen LogP contribution in [0.25, 0.3) is 0 Å². The number of carbonyl (C=O) groups is 2. The van der Waals surface area contributed by atoms with Gasteiger partial charge in [-0.3, -0.25) is 4.79 Å². The van der Waals surface area contributed by atoms with E-state index in [1.165, 1.54) is 53.4 Å². The summed E-state index contributed by atoms with van der Waals surface area (Å²) in [5, 5.41) is 18.7. The first-order chi connectivity index (χ1) is 20.5. The van der Waals surface area contributed by atoms with Crippen molar-refractivity contribution in [1.82, 2.24) is 4.31 Å². The van der Waals surface area contributed by atoms with Crippen LogP contribution >= 0.6 is 23.5 Å². The van der Waals surface area contributed by atoms with Crippen molar-refractivity contribution in [3.63, 3.8) is 0 Å². The van der Waals surface area contributed by atoms with Crippen molar-refractivity contribution in [1.29, 1.82) is 5.26 Å². The summed E-state index contributed by atoms with van der Waals surface area (Å²) in [6.45, 7) is -0.807. The smallest absolute Gasteiger partial charge is 0.335 e. The SMILES string of the molecule is N#Cc1ccc(CN(C(=O)CN(Cc2ccc(Cl)cc2)Sc2c(F)c(F)c(F)c(F)c2F)c2ccc(C(=O)O)cc2)cc1. The molecule has 0 atom stereocenters. The van der Waals surface area contributed by atoms with Crippen molar-refractivity contribution in [3.8, 4) is 6.07 Å². The predicted octanol–water partition coefficient (Wildman–Crippen LogP) is 7.35. The molecule has 0 aromatic heterocycles. The molecule has 4 aromatic rings. The summed E-state index contributed by atoms with van der Waals surface area (Å²) in [5.41, 5.74) is 1.71. The molecule has 0 fully saturated rings. The van der Waals surface area contributed by atoms with E-state index >= 15 is 0 Å². The molecule has 0 spiro atoms. The van der Waals surface area contributed by atoms with Gasteiger partial charge < -0.3 is 10.0 Å². The Morgan fingerprint density at radius 3 is 1.81 bits per heavy atom. The van der Waals surface area contributed by atoms with Crippen molar-refractivity contribution in [2.75, 3.05) is 11.4 Å². The summed E-state index contributed by atoms with van der Waals surface area (Å²) in [4.78, 5) is 25.2. The highest BCUT2D eigenvalue weighted by atomic mass is 35.5. The number of hydrogen-bond donors (Lipinski definition) is 1. The summed E-state index contributed by atoms with van der Waals surface area (Å²) >= 11 is 6.12. The highest BCUT2D eigenvalue weighted by Gasteiger charge is 2.29. The van der Waals surface area contributed by atoms with Crippen LogP contribution in [0.4, 0.5) is 27.6 Å². The van der Waals surface area contributed by atoms with Gasteiger partial charge >= 0.3 is 5.97 Å². The average Bonchev–Trinajstić information content (AvgIpc) is 3.01. The van der Waals surface area contributed by atoms with Crippen LogP contribution in [0.15, 0.2) is 77.7 Å². The molecule has 4 aromatic carbocycles. The minimum absolute atomic E-state index is 0.0410. The second kappa shape index (κ2) is 13.7. The Morgan fingerprint density at radius 2 is 1.28 bits per heavy atom. The van der Waals surface area contributed by atoms with Gasteiger partial charge in [0, 0.05) is 17.3 Å². The molecule has 1 N–H and O–H groups in total. The summed E-state index contributed by atoms with van der Waals surface area (Å²) < 4.78 is 72.0. The van der Waals surface area contributed by atoms with E-state index in [1.54, 1.807) is 24.3 Å². The second-order valence-corrected chi connectivity index (χ2v) is 10.6. The number of amides is 1. The van der Waals surface area contributed by atoms with E-state index in [0.717, 1.165) is 4.31 Å². The molecular weight excluding hydrogens is 613 g/mol. The number of carboxylic acids is 1. The lowest BCUT2D eigenvalue weighted by Gasteiger charge is -2.27. The fraction of sp³-hybridized carbons (Fsp3) is 0.100. The number of nitriles is 1. The molecule has 0 aliphatic heterocycles. The molecule has 4 rings (SSSR count). The molecule has 220 valence electrons. The third kappa shape index (κ3) is 7.50. The first-order valence-corrected chi connectivity index (χ1v) is 13.4. The van der Waals surface area contributed by atoms with E-state index < -0.39 is 52.4 Å². The van der Waals surface area contributed by atoms with E-state index in [0.29, 0.717) is 21.7 Å². The number of anilines is 1. The zero-order chi connectivity index (χ0) is 31.3. The summed E-state index contributed by atoms with van der Waals surface area (Å²) in [7, 11) is 0. The molecule has 0 radical (unpaired) electrons. The Kier molecular flexibility index (Phi) is 10.0. The van der Waals surface area contributed by atoms with Crippen molar-refractivity contribution < 1.29 is 36.6 Å². The number of nitrogens with zero attached hydrogens (tertiary/aromatic N) is 3. The van der Waals surface area contributed by atoms with Gasteiger partial charge in [0.15, 0.2) is 23.3 Å². The second-order valence-electron chi connectivity index (χ2n) is 9.06. The molecule has 0 saturated carbocycles. The van der Waals surface area contributed by atoms with Crippen LogP contribution in [-0.2, 0) is 17.9 Å². The summed E-state index contributed by atoms with van der Waals surface area (Å²) in [6.07, 6.45) is 0. The Hall–Kier alpha value is -4.44. The van der Waals surface area contributed by atoms with Crippen LogP contribution in [0.3, 0.4) is 0 Å².